The molecule has 0 saturated heterocycles. The first-order chi connectivity index (χ1) is 25.8. The fraction of sp³-hybridized carbons (Fsp3) is 0.0208. The number of hydrogen-bond acceptors (Lipinski definition) is 2. The van der Waals surface area contributed by atoms with Crippen LogP contribution in [0.2, 0.25) is 0 Å². The molecule has 52 heavy (non-hydrogen) atoms. The van der Waals surface area contributed by atoms with Crippen molar-refractivity contribution >= 4 is 71.5 Å². The highest BCUT2D eigenvalue weighted by molar-refractivity contribution is 6.27. The van der Waals surface area contributed by atoms with Gasteiger partial charge >= 0.3 is 0 Å². The molecule has 242 valence electrons. The summed E-state index contributed by atoms with van der Waals surface area (Å²) >= 11 is 0. The molecule has 1 atom stereocenters. The van der Waals surface area contributed by atoms with Gasteiger partial charge in [0.2, 0.25) is 0 Å². The normalized spacial score (nSPS) is 14.6. The fourth-order valence-electron chi connectivity index (χ4n) is 9.03. The molecule has 0 aliphatic carbocycles. The molecule has 0 amide bonds. The van der Waals surface area contributed by atoms with Crippen LogP contribution >= 0.6 is 0 Å². The molecule has 0 spiro atoms. The van der Waals surface area contributed by atoms with Gasteiger partial charge in [-0.05, 0) is 75.5 Å². The SMILES string of the molecule is c1ccc(-c2ccc3c4c5ccccc5c(-c5ccccc5)cc4n(-c4cc5c6c(c4)c4ccccc4n6C4Nc6ccccc6N=C54)c3c2)cc1. The highest BCUT2D eigenvalue weighted by Gasteiger charge is 2.36. The molecule has 4 heterocycles. The Morgan fingerprint density at radius 3 is 2.02 bits per heavy atom. The van der Waals surface area contributed by atoms with Crippen LogP contribution in [0.15, 0.2) is 175 Å². The monoisotopic (exact) mass is 662 g/mol. The number of nitrogens with zero attached hydrogens (tertiary/aromatic N) is 3. The van der Waals surface area contributed by atoms with E-state index >= 15 is 0 Å². The minimum absolute atomic E-state index is 0.0842. The van der Waals surface area contributed by atoms with Crippen LogP contribution in [-0.2, 0) is 0 Å². The zero-order valence-corrected chi connectivity index (χ0v) is 28.1. The molecule has 0 radical (unpaired) electrons. The van der Waals surface area contributed by atoms with Gasteiger partial charge in [-0.15, -0.1) is 0 Å². The van der Waals surface area contributed by atoms with Crippen LogP contribution in [0.25, 0.3) is 82.3 Å². The van der Waals surface area contributed by atoms with E-state index in [1.165, 1.54) is 82.2 Å². The molecule has 10 aromatic rings. The van der Waals surface area contributed by atoms with Gasteiger partial charge < -0.3 is 14.5 Å². The zero-order valence-electron chi connectivity index (χ0n) is 28.1. The van der Waals surface area contributed by atoms with Gasteiger partial charge in [-0.25, -0.2) is 4.99 Å². The Hall–Kier alpha value is -6.91. The van der Waals surface area contributed by atoms with Crippen molar-refractivity contribution in [2.45, 2.75) is 6.17 Å². The Morgan fingerprint density at radius 1 is 0.462 bits per heavy atom. The second kappa shape index (κ2) is 10.3. The smallest absolute Gasteiger partial charge is 0.148 e. The maximum atomic E-state index is 5.35. The maximum Gasteiger partial charge on any atom is 0.148 e. The highest BCUT2D eigenvalue weighted by Crippen LogP contribution is 2.48. The largest absolute Gasteiger partial charge is 0.358 e. The lowest BCUT2D eigenvalue weighted by Gasteiger charge is -2.25. The number of hydrogen-bond donors (Lipinski definition) is 1. The standard InChI is InChI=1S/C48H30N4/c1-3-13-29(14-4-1)31-23-24-36-43(25-31)51(44-28-37(30-15-5-2-6-16-30)33-17-7-8-19-35(33)45(36)44)32-26-38-34-18-9-12-22-42(34)52-47(38)39(27-32)46-48(52)50-41-21-11-10-20-40(41)49-46/h1-28,48,50H. The molecule has 0 bridgehead atoms. The fourth-order valence-corrected chi connectivity index (χ4v) is 9.03. The molecule has 2 aliphatic rings. The lowest BCUT2D eigenvalue weighted by atomic mass is 9.94. The van der Waals surface area contributed by atoms with Crippen LogP contribution in [0.3, 0.4) is 0 Å². The molecule has 2 aliphatic heterocycles. The van der Waals surface area contributed by atoms with E-state index in [-0.39, 0.29) is 6.17 Å². The van der Waals surface area contributed by atoms with Crippen LogP contribution in [0, 0.1) is 0 Å². The van der Waals surface area contributed by atoms with E-state index in [0.29, 0.717) is 0 Å². The number of rotatable bonds is 3. The van der Waals surface area contributed by atoms with Crippen LogP contribution in [0.5, 0.6) is 0 Å². The Kier molecular flexibility index (Phi) is 5.53. The average Bonchev–Trinajstić information content (AvgIpc) is 3.84. The molecule has 2 aromatic heterocycles. The number of fused-ring (bicyclic) bond motifs is 12. The summed E-state index contributed by atoms with van der Waals surface area (Å²) in [6.07, 6.45) is -0.0842. The number of para-hydroxylation sites is 3. The number of benzene rings is 8. The molecule has 0 saturated carbocycles. The number of nitrogens with one attached hydrogen (secondary N) is 1. The predicted octanol–water partition coefficient (Wildman–Crippen LogP) is 12.4. The molecule has 12 rings (SSSR count). The van der Waals surface area contributed by atoms with Crippen molar-refractivity contribution in [1.29, 1.82) is 0 Å². The minimum Gasteiger partial charge on any atom is -0.358 e. The topological polar surface area (TPSA) is 34.2 Å². The second-order valence-corrected chi connectivity index (χ2v) is 14.0. The van der Waals surface area contributed by atoms with Gasteiger partial charge in [0.25, 0.3) is 0 Å². The van der Waals surface area contributed by atoms with Crippen LogP contribution in [0.1, 0.15) is 11.7 Å². The first-order valence-electron chi connectivity index (χ1n) is 17.9. The summed E-state index contributed by atoms with van der Waals surface area (Å²) in [5.41, 5.74) is 15.1. The van der Waals surface area contributed by atoms with Crippen molar-refractivity contribution in [1.82, 2.24) is 9.13 Å². The Bertz CT molecular complexity index is 3150. The zero-order chi connectivity index (χ0) is 33.9. The molecule has 4 nitrogen and oxygen atoms in total. The quantitative estimate of drug-likeness (QED) is 0.201. The molecule has 0 fully saturated rings. The Morgan fingerprint density at radius 2 is 1.17 bits per heavy atom. The molecular weight excluding hydrogens is 633 g/mol. The van der Waals surface area contributed by atoms with Crippen molar-refractivity contribution in [2.24, 2.45) is 4.99 Å². The summed E-state index contributed by atoms with van der Waals surface area (Å²) in [7, 11) is 0. The summed E-state index contributed by atoms with van der Waals surface area (Å²) in [6, 6.07) is 61.8. The van der Waals surface area contributed by atoms with Gasteiger partial charge in [0.05, 0.1) is 39.2 Å². The molecule has 1 unspecified atom stereocenters. The van der Waals surface area contributed by atoms with Crippen molar-refractivity contribution in [3.05, 3.63) is 175 Å². The molecule has 8 aromatic carbocycles. The van der Waals surface area contributed by atoms with Crippen molar-refractivity contribution in [2.75, 3.05) is 5.32 Å². The molecular formula is C48H30N4. The highest BCUT2D eigenvalue weighted by atomic mass is 15.2. The van der Waals surface area contributed by atoms with Crippen molar-refractivity contribution in [3.8, 4) is 27.9 Å². The van der Waals surface area contributed by atoms with Crippen molar-refractivity contribution < 1.29 is 0 Å². The Labute approximate surface area is 299 Å². The summed E-state index contributed by atoms with van der Waals surface area (Å²) in [5.74, 6) is 0. The third-order valence-electron chi connectivity index (χ3n) is 11.2. The van der Waals surface area contributed by atoms with E-state index in [9.17, 15) is 0 Å². The first kappa shape index (κ1) is 27.9. The summed E-state index contributed by atoms with van der Waals surface area (Å²) in [5, 5.41) is 11.4. The first-order valence-corrected chi connectivity index (χ1v) is 17.9. The predicted molar refractivity (Wildman–Crippen MR) is 217 cm³/mol. The summed E-state index contributed by atoms with van der Waals surface area (Å²) in [4.78, 5) is 5.35. The van der Waals surface area contributed by atoms with E-state index in [4.69, 9.17) is 4.99 Å². The lowest BCUT2D eigenvalue weighted by Crippen LogP contribution is -2.24. The van der Waals surface area contributed by atoms with Gasteiger partial charge in [0.1, 0.15) is 6.17 Å². The van der Waals surface area contributed by atoms with Gasteiger partial charge in [-0.1, -0.05) is 127 Å². The Balaban J connectivity index is 1.24. The third-order valence-corrected chi connectivity index (χ3v) is 11.2. The van der Waals surface area contributed by atoms with Gasteiger partial charge in [0, 0.05) is 32.8 Å². The number of anilines is 1. The van der Waals surface area contributed by atoms with Crippen LogP contribution in [0.4, 0.5) is 11.4 Å². The summed E-state index contributed by atoms with van der Waals surface area (Å²) in [6.45, 7) is 0. The van der Waals surface area contributed by atoms with Gasteiger partial charge in [-0.3, -0.25) is 0 Å². The van der Waals surface area contributed by atoms with E-state index < -0.39 is 0 Å². The van der Waals surface area contributed by atoms with Crippen LogP contribution in [-0.4, -0.2) is 14.8 Å². The number of aliphatic imine (C=N–C) groups is 1. The van der Waals surface area contributed by atoms with E-state index in [1.54, 1.807) is 0 Å². The average molecular weight is 663 g/mol. The summed E-state index contributed by atoms with van der Waals surface area (Å²) < 4.78 is 4.97. The van der Waals surface area contributed by atoms with E-state index in [0.717, 1.165) is 22.8 Å². The minimum atomic E-state index is -0.0842. The van der Waals surface area contributed by atoms with E-state index in [1.807, 2.05) is 0 Å². The van der Waals surface area contributed by atoms with Gasteiger partial charge in [-0.2, -0.15) is 0 Å². The molecule has 4 heteroatoms. The van der Waals surface area contributed by atoms with Crippen molar-refractivity contribution in [3.63, 3.8) is 0 Å². The van der Waals surface area contributed by atoms with Crippen LogP contribution < -0.4 is 5.32 Å². The number of aromatic nitrogens is 2. The second-order valence-electron chi connectivity index (χ2n) is 14.0. The lowest BCUT2D eigenvalue weighted by molar-refractivity contribution is 0.779. The van der Waals surface area contributed by atoms with E-state index in [2.05, 4.69) is 184 Å². The third kappa shape index (κ3) is 3.73. The molecule has 1 N–H and O–H groups in total. The maximum absolute atomic E-state index is 5.35. The van der Waals surface area contributed by atoms with Gasteiger partial charge in [0.15, 0.2) is 0 Å².